The van der Waals surface area contributed by atoms with Crippen molar-refractivity contribution in [3.8, 4) is 0 Å². The second-order valence-electron chi connectivity index (χ2n) is 4.27. The summed E-state index contributed by atoms with van der Waals surface area (Å²) in [5.74, 6) is -0.379. The lowest BCUT2D eigenvalue weighted by Gasteiger charge is -2.25. The molecule has 5 heteroatoms. The number of carbonyl (C=O) groups is 1. The molecule has 15 heavy (non-hydrogen) atoms. The lowest BCUT2D eigenvalue weighted by atomic mass is 9.87. The van der Waals surface area contributed by atoms with Gasteiger partial charge in [-0.3, -0.25) is 0 Å². The Balaban J connectivity index is 2.06. The summed E-state index contributed by atoms with van der Waals surface area (Å²) in [6.45, 7) is 2.25. The zero-order valence-corrected chi connectivity index (χ0v) is 8.76. The Morgan fingerprint density at radius 2 is 2.13 bits per heavy atom. The highest BCUT2D eigenvalue weighted by atomic mass is 16.4. The fourth-order valence-corrected chi connectivity index (χ4v) is 2.06. The van der Waals surface area contributed by atoms with Crippen LogP contribution in [0.4, 0.5) is 0 Å². The second kappa shape index (κ2) is 4.00. The monoisotopic (exact) mass is 209 g/mol. The van der Waals surface area contributed by atoms with Crippen LogP contribution in [0.25, 0.3) is 0 Å². The molecule has 0 saturated heterocycles. The van der Waals surface area contributed by atoms with Gasteiger partial charge in [-0.1, -0.05) is 6.92 Å². The number of carboxylic acids is 1. The number of aromatic nitrogens is 3. The van der Waals surface area contributed by atoms with Crippen LogP contribution < -0.4 is 0 Å². The van der Waals surface area contributed by atoms with Crippen molar-refractivity contribution in [1.82, 2.24) is 14.8 Å². The zero-order chi connectivity index (χ0) is 10.8. The van der Waals surface area contributed by atoms with E-state index in [-0.39, 0.29) is 5.82 Å². The molecule has 0 unspecified atom stereocenters. The van der Waals surface area contributed by atoms with E-state index in [0.29, 0.717) is 6.04 Å². The van der Waals surface area contributed by atoms with E-state index in [9.17, 15) is 4.79 Å². The molecular weight excluding hydrogens is 194 g/mol. The molecule has 0 radical (unpaired) electrons. The van der Waals surface area contributed by atoms with Crippen LogP contribution in [-0.4, -0.2) is 25.8 Å². The maximum absolute atomic E-state index is 10.6. The normalized spacial score (nSPS) is 26.5. The smallest absolute Gasteiger partial charge is 0.375 e. The maximum Gasteiger partial charge on any atom is 0.375 e. The molecule has 82 valence electrons. The summed E-state index contributed by atoms with van der Waals surface area (Å²) in [5, 5.41) is 12.7. The van der Waals surface area contributed by atoms with Gasteiger partial charge >= 0.3 is 5.97 Å². The van der Waals surface area contributed by atoms with Crippen LogP contribution in [0.2, 0.25) is 0 Å². The van der Waals surface area contributed by atoms with Gasteiger partial charge in [0.1, 0.15) is 6.33 Å². The molecule has 1 saturated carbocycles. The Kier molecular flexibility index (Phi) is 2.70. The molecule has 0 bridgehead atoms. The van der Waals surface area contributed by atoms with Crippen molar-refractivity contribution in [3.05, 3.63) is 12.2 Å². The third-order valence-corrected chi connectivity index (χ3v) is 3.06. The largest absolute Gasteiger partial charge is 0.475 e. The van der Waals surface area contributed by atoms with Gasteiger partial charge in [-0.25, -0.2) is 14.5 Å². The molecule has 5 nitrogen and oxygen atoms in total. The maximum atomic E-state index is 10.6. The molecule has 1 N–H and O–H groups in total. The van der Waals surface area contributed by atoms with Gasteiger partial charge in [0.2, 0.25) is 0 Å². The van der Waals surface area contributed by atoms with Crippen molar-refractivity contribution in [2.45, 2.75) is 38.6 Å². The van der Waals surface area contributed by atoms with E-state index in [1.54, 1.807) is 4.68 Å². The minimum absolute atomic E-state index is 0.103. The van der Waals surface area contributed by atoms with E-state index in [1.165, 1.54) is 19.2 Å². The van der Waals surface area contributed by atoms with Crippen molar-refractivity contribution < 1.29 is 9.90 Å². The Hall–Kier alpha value is -1.39. The third-order valence-electron chi connectivity index (χ3n) is 3.06. The van der Waals surface area contributed by atoms with Crippen LogP contribution in [0.5, 0.6) is 0 Å². The number of hydrogen-bond acceptors (Lipinski definition) is 3. The molecule has 0 aliphatic heterocycles. The molecule has 1 fully saturated rings. The molecule has 0 spiro atoms. The summed E-state index contributed by atoms with van der Waals surface area (Å²) in [6.07, 6.45) is 6.05. The Morgan fingerprint density at radius 3 is 2.67 bits per heavy atom. The predicted octanol–water partition coefficient (Wildman–Crippen LogP) is 1.73. The first-order valence-corrected chi connectivity index (χ1v) is 5.31. The van der Waals surface area contributed by atoms with E-state index < -0.39 is 5.97 Å². The van der Waals surface area contributed by atoms with Crippen LogP contribution in [-0.2, 0) is 0 Å². The predicted molar refractivity (Wildman–Crippen MR) is 53.7 cm³/mol. The fourth-order valence-electron chi connectivity index (χ4n) is 2.06. The van der Waals surface area contributed by atoms with Gasteiger partial charge in [0.25, 0.3) is 5.82 Å². The lowest BCUT2D eigenvalue weighted by Crippen LogP contribution is -2.17. The fraction of sp³-hybridized carbons (Fsp3) is 0.700. The zero-order valence-electron chi connectivity index (χ0n) is 8.76. The summed E-state index contributed by atoms with van der Waals surface area (Å²) in [7, 11) is 0. The number of rotatable bonds is 2. The van der Waals surface area contributed by atoms with Gasteiger partial charge in [-0.15, -0.1) is 5.10 Å². The van der Waals surface area contributed by atoms with Crippen LogP contribution in [0.15, 0.2) is 6.33 Å². The second-order valence-corrected chi connectivity index (χ2v) is 4.27. The van der Waals surface area contributed by atoms with Crippen LogP contribution in [0.1, 0.15) is 49.3 Å². The molecule has 0 aromatic carbocycles. The Bertz CT molecular complexity index is 353. The van der Waals surface area contributed by atoms with Gasteiger partial charge in [0.15, 0.2) is 0 Å². The lowest BCUT2D eigenvalue weighted by molar-refractivity contribution is 0.0682. The van der Waals surface area contributed by atoms with Crippen molar-refractivity contribution in [3.63, 3.8) is 0 Å². The van der Waals surface area contributed by atoms with Crippen LogP contribution >= 0.6 is 0 Å². The van der Waals surface area contributed by atoms with Gasteiger partial charge < -0.3 is 5.11 Å². The molecule has 2 rings (SSSR count). The SMILES string of the molecule is CC1CCC(n2cnc(C(=O)O)n2)CC1. The third kappa shape index (κ3) is 2.16. The first-order chi connectivity index (χ1) is 7.16. The first kappa shape index (κ1) is 10.1. The van der Waals surface area contributed by atoms with E-state index in [0.717, 1.165) is 18.8 Å². The number of hydrogen-bond donors (Lipinski definition) is 1. The standard InChI is InChI=1S/C10H15N3O2/c1-7-2-4-8(5-3-7)13-6-11-9(12-13)10(14)15/h6-8H,2-5H2,1H3,(H,14,15). The topological polar surface area (TPSA) is 68.0 Å². The number of aromatic carboxylic acids is 1. The summed E-state index contributed by atoms with van der Waals surface area (Å²) in [4.78, 5) is 14.4. The van der Waals surface area contributed by atoms with Gasteiger partial charge in [-0.2, -0.15) is 0 Å². The molecule has 1 aliphatic rings. The average molecular weight is 209 g/mol. The van der Waals surface area contributed by atoms with E-state index in [4.69, 9.17) is 5.11 Å². The molecule has 0 atom stereocenters. The molecule has 1 aromatic rings. The van der Waals surface area contributed by atoms with Crippen molar-refractivity contribution in [2.24, 2.45) is 5.92 Å². The van der Waals surface area contributed by atoms with Crippen molar-refractivity contribution in [1.29, 1.82) is 0 Å². The highest BCUT2D eigenvalue weighted by molar-refractivity contribution is 5.82. The van der Waals surface area contributed by atoms with Gasteiger partial charge in [0.05, 0.1) is 6.04 Å². The first-order valence-electron chi connectivity index (χ1n) is 5.31. The summed E-state index contributed by atoms with van der Waals surface area (Å²) in [6, 6.07) is 0.335. The molecule has 1 aromatic heterocycles. The minimum Gasteiger partial charge on any atom is -0.475 e. The summed E-state index contributed by atoms with van der Waals surface area (Å²) < 4.78 is 1.70. The quantitative estimate of drug-likeness (QED) is 0.805. The molecule has 0 amide bonds. The van der Waals surface area contributed by atoms with Crippen LogP contribution in [0, 0.1) is 5.92 Å². The molecule has 1 heterocycles. The molecule has 1 aliphatic carbocycles. The van der Waals surface area contributed by atoms with Gasteiger partial charge in [0, 0.05) is 0 Å². The number of carboxylic acid groups (broad SMARTS) is 1. The van der Waals surface area contributed by atoms with Gasteiger partial charge in [-0.05, 0) is 31.6 Å². The minimum atomic E-state index is -1.06. The van der Waals surface area contributed by atoms with E-state index >= 15 is 0 Å². The van der Waals surface area contributed by atoms with E-state index in [1.807, 2.05) is 0 Å². The Labute approximate surface area is 88.1 Å². The summed E-state index contributed by atoms with van der Waals surface area (Å²) >= 11 is 0. The van der Waals surface area contributed by atoms with E-state index in [2.05, 4.69) is 17.0 Å². The summed E-state index contributed by atoms with van der Waals surface area (Å²) in [5.41, 5.74) is 0. The van der Waals surface area contributed by atoms with Crippen LogP contribution in [0.3, 0.4) is 0 Å². The highest BCUT2D eigenvalue weighted by Crippen LogP contribution is 2.30. The highest BCUT2D eigenvalue weighted by Gasteiger charge is 2.21. The average Bonchev–Trinajstić information content (AvgIpc) is 2.68. The van der Waals surface area contributed by atoms with Crippen molar-refractivity contribution in [2.75, 3.05) is 0 Å². The van der Waals surface area contributed by atoms with Crippen molar-refractivity contribution >= 4 is 5.97 Å². The molecular formula is C10H15N3O2. The number of nitrogens with zero attached hydrogens (tertiary/aromatic N) is 3. The Morgan fingerprint density at radius 1 is 1.47 bits per heavy atom.